The number of imidazole rings is 1. The summed E-state index contributed by atoms with van der Waals surface area (Å²) in [6, 6.07) is 0. The number of nitrogens with zero attached hydrogens (tertiary/aromatic N) is 4. The smallest absolute Gasteiger partial charge is 0.180 e. The number of hydrogen-bond acceptors (Lipinski definition) is 5. The second kappa shape index (κ2) is 5.16. The van der Waals surface area contributed by atoms with Gasteiger partial charge in [-0.15, -0.1) is 0 Å². The molecule has 1 aliphatic rings. The molecule has 0 atom stereocenters. The summed E-state index contributed by atoms with van der Waals surface area (Å²) < 4.78 is 13.4. The topological polar surface area (TPSA) is 62.5 Å². The lowest BCUT2D eigenvalue weighted by molar-refractivity contribution is 0.672. The van der Waals surface area contributed by atoms with Gasteiger partial charge in [-0.2, -0.15) is 0 Å². The molecule has 102 valence electrons. The van der Waals surface area contributed by atoms with Gasteiger partial charge in [0, 0.05) is 54.3 Å². The molecule has 6 nitrogen and oxygen atoms in total. The molecule has 3 rings (SSSR count). The standard InChI is InChI=1S/C12H17N5OS/c1-2-13-10-9-17-4-3-14-11(17)12(15-10)16-5-7-19(18)8-6-16/h3-4,9,13H,2,5-8H2,1H3. The Kier molecular flexibility index (Phi) is 3.37. The van der Waals surface area contributed by atoms with E-state index < -0.39 is 10.8 Å². The van der Waals surface area contributed by atoms with Crippen molar-refractivity contribution < 1.29 is 4.21 Å². The zero-order valence-corrected chi connectivity index (χ0v) is 11.7. The van der Waals surface area contributed by atoms with E-state index in [1.54, 1.807) is 6.20 Å². The summed E-state index contributed by atoms with van der Waals surface area (Å²) >= 11 is 0. The molecule has 0 radical (unpaired) electrons. The monoisotopic (exact) mass is 279 g/mol. The maximum Gasteiger partial charge on any atom is 0.180 e. The highest BCUT2D eigenvalue weighted by Gasteiger charge is 2.20. The summed E-state index contributed by atoms with van der Waals surface area (Å²) in [7, 11) is -0.680. The highest BCUT2D eigenvalue weighted by Crippen LogP contribution is 2.21. The van der Waals surface area contributed by atoms with Crippen molar-refractivity contribution in [3.05, 3.63) is 18.6 Å². The quantitative estimate of drug-likeness (QED) is 0.897. The summed E-state index contributed by atoms with van der Waals surface area (Å²) in [5.74, 6) is 3.13. The van der Waals surface area contributed by atoms with Crippen LogP contribution in [0.25, 0.3) is 5.65 Å². The van der Waals surface area contributed by atoms with Crippen LogP contribution in [0.15, 0.2) is 18.6 Å². The van der Waals surface area contributed by atoms with E-state index in [0.29, 0.717) is 11.5 Å². The lowest BCUT2D eigenvalue weighted by Crippen LogP contribution is -2.38. The highest BCUT2D eigenvalue weighted by molar-refractivity contribution is 7.85. The lowest BCUT2D eigenvalue weighted by atomic mass is 10.4. The van der Waals surface area contributed by atoms with Gasteiger partial charge in [0.25, 0.3) is 0 Å². The predicted molar refractivity (Wildman–Crippen MR) is 77.2 cm³/mol. The van der Waals surface area contributed by atoms with Crippen LogP contribution in [0, 0.1) is 0 Å². The molecule has 0 amide bonds. The molecule has 1 fully saturated rings. The first-order valence-electron chi connectivity index (χ1n) is 6.45. The van der Waals surface area contributed by atoms with Crippen molar-refractivity contribution in [2.45, 2.75) is 6.92 Å². The average molecular weight is 279 g/mol. The molecule has 0 saturated carbocycles. The molecule has 7 heteroatoms. The third-order valence-electron chi connectivity index (χ3n) is 3.19. The molecule has 2 aromatic heterocycles. The molecule has 0 bridgehead atoms. The summed E-state index contributed by atoms with van der Waals surface area (Å²) in [5.41, 5.74) is 0.856. The van der Waals surface area contributed by atoms with Gasteiger partial charge in [-0.3, -0.25) is 4.21 Å². The van der Waals surface area contributed by atoms with Gasteiger partial charge in [0.15, 0.2) is 11.5 Å². The van der Waals surface area contributed by atoms with Gasteiger partial charge >= 0.3 is 0 Å². The number of rotatable bonds is 3. The molecule has 2 aromatic rings. The van der Waals surface area contributed by atoms with Crippen molar-refractivity contribution in [3.8, 4) is 0 Å². The number of hydrogen-bond donors (Lipinski definition) is 1. The Balaban J connectivity index is 2.00. The van der Waals surface area contributed by atoms with Crippen LogP contribution in [0.4, 0.5) is 11.6 Å². The Morgan fingerprint density at radius 2 is 2.21 bits per heavy atom. The van der Waals surface area contributed by atoms with E-state index in [0.717, 1.165) is 36.9 Å². The van der Waals surface area contributed by atoms with Crippen molar-refractivity contribution in [3.63, 3.8) is 0 Å². The number of aromatic nitrogens is 3. The second-order valence-electron chi connectivity index (χ2n) is 4.47. The molecule has 1 saturated heterocycles. The third-order valence-corrected chi connectivity index (χ3v) is 4.47. The zero-order chi connectivity index (χ0) is 13.2. The summed E-state index contributed by atoms with van der Waals surface area (Å²) in [5, 5.41) is 3.23. The summed E-state index contributed by atoms with van der Waals surface area (Å²) in [6.45, 7) is 4.43. The number of fused-ring (bicyclic) bond motifs is 1. The normalized spacial score (nSPS) is 17.0. The zero-order valence-electron chi connectivity index (χ0n) is 10.9. The van der Waals surface area contributed by atoms with Crippen LogP contribution in [0.1, 0.15) is 6.92 Å². The van der Waals surface area contributed by atoms with Crippen LogP contribution < -0.4 is 10.2 Å². The molecule has 0 spiro atoms. The average Bonchev–Trinajstić information content (AvgIpc) is 2.87. The summed E-state index contributed by atoms with van der Waals surface area (Å²) in [4.78, 5) is 11.2. The molecule has 1 N–H and O–H groups in total. The maximum atomic E-state index is 11.5. The molecule has 0 unspecified atom stereocenters. The van der Waals surface area contributed by atoms with E-state index in [2.05, 4.69) is 20.2 Å². The first-order chi connectivity index (χ1) is 9.28. The number of nitrogens with one attached hydrogen (secondary N) is 1. The summed E-state index contributed by atoms with van der Waals surface area (Å²) in [6.07, 6.45) is 5.64. The van der Waals surface area contributed by atoms with Crippen LogP contribution >= 0.6 is 0 Å². The van der Waals surface area contributed by atoms with Gasteiger partial charge in [0.1, 0.15) is 5.82 Å². The fourth-order valence-electron chi connectivity index (χ4n) is 2.24. The van der Waals surface area contributed by atoms with Gasteiger partial charge in [-0.05, 0) is 6.92 Å². The van der Waals surface area contributed by atoms with Gasteiger partial charge in [-0.1, -0.05) is 0 Å². The minimum absolute atomic E-state index is 0.680. The van der Waals surface area contributed by atoms with Gasteiger partial charge in [-0.25, -0.2) is 9.97 Å². The van der Waals surface area contributed by atoms with Crippen LogP contribution in [-0.4, -0.2) is 49.7 Å². The van der Waals surface area contributed by atoms with E-state index in [9.17, 15) is 4.21 Å². The fourth-order valence-corrected chi connectivity index (χ4v) is 3.30. The first-order valence-corrected chi connectivity index (χ1v) is 7.94. The van der Waals surface area contributed by atoms with Crippen molar-refractivity contribution in [1.29, 1.82) is 0 Å². The number of anilines is 2. The third kappa shape index (κ3) is 2.42. The van der Waals surface area contributed by atoms with Gasteiger partial charge in [0.2, 0.25) is 0 Å². The molecule has 0 aliphatic carbocycles. The molecular formula is C12H17N5OS. The van der Waals surface area contributed by atoms with Crippen molar-refractivity contribution >= 4 is 28.1 Å². The molecular weight excluding hydrogens is 262 g/mol. The Morgan fingerprint density at radius 3 is 2.95 bits per heavy atom. The van der Waals surface area contributed by atoms with Crippen LogP contribution in [0.3, 0.4) is 0 Å². The Labute approximate surface area is 114 Å². The second-order valence-corrected chi connectivity index (χ2v) is 6.17. The van der Waals surface area contributed by atoms with Crippen molar-refractivity contribution in [2.75, 3.05) is 41.4 Å². The first kappa shape index (κ1) is 12.4. The van der Waals surface area contributed by atoms with Gasteiger partial charge < -0.3 is 14.6 Å². The highest BCUT2D eigenvalue weighted by atomic mass is 32.2. The van der Waals surface area contributed by atoms with Gasteiger partial charge in [0.05, 0.1) is 6.20 Å². The van der Waals surface area contributed by atoms with E-state index in [1.807, 2.05) is 23.7 Å². The Hall–Kier alpha value is -1.63. The molecule has 0 aromatic carbocycles. The minimum atomic E-state index is -0.680. The van der Waals surface area contributed by atoms with Crippen LogP contribution in [-0.2, 0) is 10.8 Å². The largest absolute Gasteiger partial charge is 0.369 e. The van der Waals surface area contributed by atoms with Crippen molar-refractivity contribution in [1.82, 2.24) is 14.4 Å². The van der Waals surface area contributed by atoms with E-state index in [-0.39, 0.29) is 0 Å². The molecule has 19 heavy (non-hydrogen) atoms. The molecule has 1 aliphatic heterocycles. The van der Waals surface area contributed by atoms with E-state index >= 15 is 0 Å². The lowest BCUT2D eigenvalue weighted by Gasteiger charge is -2.27. The molecule has 3 heterocycles. The van der Waals surface area contributed by atoms with E-state index in [4.69, 9.17) is 0 Å². The SMILES string of the molecule is CCNc1cn2ccnc2c(N2CCS(=O)CC2)n1. The maximum absolute atomic E-state index is 11.5. The van der Waals surface area contributed by atoms with Crippen LogP contribution in [0.5, 0.6) is 0 Å². The van der Waals surface area contributed by atoms with Crippen molar-refractivity contribution in [2.24, 2.45) is 0 Å². The minimum Gasteiger partial charge on any atom is -0.369 e. The Morgan fingerprint density at radius 1 is 1.42 bits per heavy atom. The fraction of sp³-hybridized carbons (Fsp3) is 0.500. The van der Waals surface area contributed by atoms with Crippen LogP contribution in [0.2, 0.25) is 0 Å². The Bertz CT molecular complexity index is 601. The van der Waals surface area contributed by atoms with E-state index in [1.165, 1.54) is 0 Å². The predicted octanol–water partition coefficient (Wildman–Crippen LogP) is 0.730.